The fourth-order valence-electron chi connectivity index (χ4n) is 3.98. The molecule has 0 unspecified atom stereocenters. The average molecular weight is 499 g/mol. The molecule has 0 aliphatic carbocycles. The van der Waals surface area contributed by atoms with Gasteiger partial charge in [-0.25, -0.2) is 4.99 Å². The predicted octanol–water partition coefficient (Wildman–Crippen LogP) is 4.66. The smallest absolute Gasteiger partial charge is 0.258 e. The molecule has 2 heterocycles. The third-order valence-corrected chi connectivity index (χ3v) is 6.26. The molecule has 0 bridgehead atoms. The second-order valence-corrected chi connectivity index (χ2v) is 9.14. The van der Waals surface area contributed by atoms with Crippen molar-refractivity contribution in [3.8, 4) is 11.5 Å². The highest BCUT2D eigenvalue weighted by atomic mass is 16.5. The maximum atomic E-state index is 13.0. The zero-order valence-electron chi connectivity index (χ0n) is 21.7. The molecule has 1 aromatic heterocycles. The van der Waals surface area contributed by atoms with Gasteiger partial charge in [-0.15, -0.1) is 0 Å². The van der Waals surface area contributed by atoms with Crippen molar-refractivity contribution >= 4 is 17.3 Å². The van der Waals surface area contributed by atoms with Gasteiger partial charge in [-0.1, -0.05) is 48.0 Å². The highest BCUT2D eigenvalue weighted by Crippen LogP contribution is 2.23. The van der Waals surface area contributed by atoms with Gasteiger partial charge in [-0.3, -0.25) is 4.79 Å². The van der Waals surface area contributed by atoms with Crippen molar-refractivity contribution in [3.63, 3.8) is 0 Å². The van der Waals surface area contributed by atoms with E-state index < -0.39 is 0 Å². The lowest BCUT2D eigenvalue weighted by atomic mass is 10.0. The van der Waals surface area contributed by atoms with Gasteiger partial charge in [-0.05, 0) is 63.6 Å². The molecule has 0 saturated carbocycles. The Hall–Kier alpha value is -4.04. The summed E-state index contributed by atoms with van der Waals surface area (Å²) in [7, 11) is 0. The van der Waals surface area contributed by atoms with Crippen LogP contribution in [0.4, 0.5) is 0 Å². The van der Waals surface area contributed by atoms with Crippen LogP contribution in [0.3, 0.4) is 0 Å². The summed E-state index contributed by atoms with van der Waals surface area (Å²) in [5.41, 5.74) is 11.4. The normalized spacial score (nSPS) is 15.8. The van der Waals surface area contributed by atoms with E-state index in [0.717, 1.165) is 49.2 Å². The molecule has 1 aliphatic heterocycles. The number of amides is 1. The quantitative estimate of drug-likeness (QED) is 0.458. The van der Waals surface area contributed by atoms with Crippen LogP contribution in [0.15, 0.2) is 81.5 Å². The first-order valence-electron chi connectivity index (χ1n) is 12.7. The Morgan fingerprint density at radius 1 is 1.08 bits per heavy atom. The lowest BCUT2D eigenvalue weighted by Crippen LogP contribution is -2.34. The molecule has 37 heavy (non-hydrogen) atoms. The molecule has 1 saturated heterocycles. The summed E-state index contributed by atoms with van der Waals surface area (Å²) in [4.78, 5) is 24.4. The zero-order chi connectivity index (χ0) is 26.2. The van der Waals surface area contributed by atoms with Gasteiger partial charge in [0.05, 0.1) is 5.71 Å². The number of nitrogens with one attached hydrogen (secondary N) is 1. The molecule has 4 rings (SSSR count). The van der Waals surface area contributed by atoms with E-state index in [1.165, 1.54) is 0 Å². The molecule has 0 spiro atoms. The van der Waals surface area contributed by atoms with Gasteiger partial charge in [0.25, 0.3) is 11.8 Å². The fraction of sp³-hybridized carbons (Fsp3) is 0.310. The van der Waals surface area contributed by atoms with Crippen molar-refractivity contribution in [1.29, 1.82) is 0 Å². The van der Waals surface area contributed by atoms with Gasteiger partial charge < -0.3 is 20.5 Å². The average Bonchev–Trinajstić information content (AvgIpc) is 3.25. The van der Waals surface area contributed by atoms with Crippen LogP contribution >= 0.6 is 0 Å². The number of nitrogens with two attached hydrogens (primary N) is 1. The lowest BCUT2D eigenvalue weighted by molar-refractivity contribution is 0.0766. The molecule has 192 valence electrons. The molecule has 1 fully saturated rings. The van der Waals surface area contributed by atoms with Crippen LogP contribution in [-0.4, -0.2) is 52.8 Å². The van der Waals surface area contributed by atoms with Gasteiger partial charge in [0.15, 0.2) is 0 Å². The summed E-state index contributed by atoms with van der Waals surface area (Å²) in [6.07, 6.45) is 3.86. The van der Waals surface area contributed by atoms with Crippen LogP contribution in [-0.2, 0) is 0 Å². The largest absolute Gasteiger partial charge is 0.400 e. The van der Waals surface area contributed by atoms with Gasteiger partial charge in [-0.2, -0.15) is 4.98 Å². The minimum absolute atomic E-state index is 0.0487. The Bertz CT molecular complexity index is 1290. The Morgan fingerprint density at radius 2 is 1.81 bits per heavy atom. The number of carbonyl (C=O) groups excluding carboxylic acids is 1. The van der Waals surface area contributed by atoms with Crippen molar-refractivity contribution < 1.29 is 9.32 Å². The van der Waals surface area contributed by atoms with Crippen LogP contribution in [0.5, 0.6) is 0 Å². The van der Waals surface area contributed by atoms with Crippen molar-refractivity contribution in [2.45, 2.75) is 33.6 Å². The summed E-state index contributed by atoms with van der Waals surface area (Å²) in [6, 6.07) is 17.1. The standard InChI is InChI=1S/C29H34N6O2/c1-4-20(2)19-25(22-11-13-24(14-12-22)29(36)35-17-8-15-31-16-18-35)32-26(21(3)30)27-33-28(37-34-27)23-9-6-5-7-10-23/h5-7,9-14,19,31H,4,8,15-18,30H2,1-3H3/b20-19+,26-21+,32-25+. The number of carbonyl (C=O) groups is 1. The second kappa shape index (κ2) is 12.3. The molecule has 3 N–H and O–H groups in total. The van der Waals surface area contributed by atoms with E-state index in [9.17, 15) is 4.79 Å². The fourth-order valence-corrected chi connectivity index (χ4v) is 3.98. The highest BCUT2D eigenvalue weighted by molar-refractivity contribution is 6.11. The van der Waals surface area contributed by atoms with Gasteiger partial charge >= 0.3 is 0 Å². The maximum Gasteiger partial charge on any atom is 0.258 e. The van der Waals surface area contributed by atoms with Gasteiger partial charge in [0, 0.05) is 42.0 Å². The Balaban J connectivity index is 1.66. The summed E-state index contributed by atoms with van der Waals surface area (Å²) in [6.45, 7) is 9.15. The van der Waals surface area contributed by atoms with E-state index in [1.54, 1.807) is 6.92 Å². The monoisotopic (exact) mass is 498 g/mol. The van der Waals surface area contributed by atoms with Crippen LogP contribution in [0.2, 0.25) is 0 Å². The Morgan fingerprint density at radius 3 is 2.51 bits per heavy atom. The van der Waals surface area contributed by atoms with Crippen molar-refractivity contribution in [2.24, 2.45) is 10.7 Å². The molecular formula is C29H34N6O2. The van der Waals surface area contributed by atoms with E-state index in [-0.39, 0.29) is 5.91 Å². The molecule has 1 aliphatic rings. The Labute approximate surface area is 218 Å². The number of aliphatic imine (C=N–C) groups is 1. The SMILES string of the molecule is CC/C(C)=C/C(=N\C(=C(/C)N)c1noc(-c2ccccc2)n1)c1ccc(C(=O)N2CCCNCC2)cc1. The second-order valence-electron chi connectivity index (χ2n) is 9.14. The van der Waals surface area contributed by atoms with Crippen LogP contribution < -0.4 is 11.1 Å². The number of aromatic nitrogens is 2. The van der Waals surface area contributed by atoms with E-state index >= 15 is 0 Å². The molecule has 0 radical (unpaired) electrons. The predicted molar refractivity (Wildman–Crippen MR) is 147 cm³/mol. The van der Waals surface area contributed by atoms with E-state index in [2.05, 4.69) is 29.3 Å². The first-order chi connectivity index (χ1) is 18.0. The summed E-state index contributed by atoms with van der Waals surface area (Å²) < 4.78 is 5.50. The minimum Gasteiger partial charge on any atom is -0.400 e. The zero-order valence-corrected chi connectivity index (χ0v) is 21.7. The molecule has 8 nitrogen and oxygen atoms in total. The molecule has 8 heteroatoms. The van der Waals surface area contributed by atoms with Crippen LogP contribution in [0.1, 0.15) is 55.4 Å². The molecular weight excluding hydrogens is 464 g/mol. The molecule has 3 aromatic rings. The first-order valence-corrected chi connectivity index (χ1v) is 12.7. The highest BCUT2D eigenvalue weighted by Gasteiger charge is 2.18. The van der Waals surface area contributed by atoms with Crippen molar-refractivity contribution in [1.82, 2.24) is 20.4 Å². The van der Waals surface area contributed by atoms with E-state index in [0.29, 0.717) is 40.9 Å². The lowest BCUT2D eigenvalue weighted by Gasteiger charge is -2.20. The summed E-state index contributed by atoms with van der Waals surface area (Å²) in [5.74, 6) is 0.770. The third-order valence-electron chi connectivity index (χ3n) is 6.26. The number of hydrogen-bond acceptors (Lipinski definition) is 7. The third kappa shape index (κ3) is 6.59. The van der Waals surface area contributed by atoms with Crippen LogP contribution in [0, 0.1) is 0 Å². The number of allylic oxidation sites excluding steroid dienone is 3. The summed E-state index contributed by atoms with van der Waals surface area (Å²) >= 11 is 0. The van der Waals surface area contributed by atoms with Crippen LogP contribution in [0.25, 0.3) is 17.2 Å². The summed E-state index contributed by atoms with van der Waals surface area (Å²) in [5, 5.41) is 7.49. The number of rotatable bonds is 7. The first kappa shape index (κ1) is 26.0. The molecule has 2 aromatic carbocycles. The number of hydrogen-bond donors (Lipinski definition) is 2. The van der Waals surface area contributed by atoms with Crippen molar-refractivity contribution in [3.05, 3.63) is 88.9 Å². The van der Waals surface area contributed by atoms with Crippen molar-refractivity contribution in [2.75, 3.05) is 26.2 Å². The molecule has 1 amide bonds. The topological polar surface area (TPSA) is 110 Å². The number of nitrogens with zero attached hydrogens (tertiary/aromatic N) is 4. The van der Waals surface area contributed by atoms with E-state index in [1.807, 2.05) is 65.6 Å². The van der Waals surface area contributed by atoms with E-state index in [4.69, 9.17) is 15.2 Å². The molecule has 0 atom stereocenters. The number of benzene rings is 2. The van der Waals surface area contributed by atoms with Gasteiger partial charge in [0.1, 0.15) is 5.70 Å². The Kier molecular flexibility index (Phi) is 8.64. The minimum atomic E-state index is 0.0487. The maximum absolute atomic E-state index is 13.0. The van der Waals surface area contributed by atoms with Gasteiger partial charge in [0.2, 0.25) is 5.82 Å².